The number of benzene rings is 1. The molecular formula is C12H14BrFN2O3. The first-order chi connectivity index (χ1) is 8.83. The summed E-state index contributed by atoms with van der Waals surface area (Å²) in [5.74, 6) is -0.836. The van der Waals surface area contributed by atoms with E-state index in [0.29, 0.717) is 24.2 Å². The van der Waals surface area contributed by atoms with E-state index in [1.807, 2.05) is 18.7 Å². The molecule has 104 valence electrons. The Morgan fingerprint density at radius 2 is 2.21 bits per heavy atom. The van der Waals surface area contributed by atoms with Gasteiger partial charge in [-0.05, 0) is 26.0 Å². The third-order valence-corrected chi connectivity index (χ3v) is 3.58. The molecule has 0 bridgehead atoms. The summed E-state index contributed by atoms with van der Waals surface area (Å²) in [7, 11) is 0. The Labute approximate surface area is 118 Å². The van der Waals surface area contributed by atoms with E-state index in [1.165, 1.54) is 0 Å². The molecule has 0 spiro atoms. The second kappa shape index (κ2) is 5.05. The van der Waals surface area contributed by atoms with E-state index in [1.54, 1.807) is 6.07 Å². The SMILES string of the molecule is CC1(C)COCCN1c1cc(Br)cc(F)c1[N+](=O)[O-]. The van der Waals surface area contributed by atoms with Crippen molar-refractivity contribution in [3.63, 3.8) is 0 Å². The van der Waals surface area contributed by atoms with Gasteiger partial charge in [0, 0.05) is 11.0 Å². The Balaban J connectivity index is 2.57. The second-order valence-electron chi connectivity index (χ2n) is 5.03. The minimum Gasteiger partial charge on any atom is -0.377 e. The minimum absolute atomic E-state index is 0.283. The van der Waals surface area contributed by atoms with Crippen LogP contribution in [0.2, 0.25) is 0 Å². The van der Waals surface area contributed by atoms with Crippen LogP contribution < -0.4 is 4.90 Å². The standard InChI is InChI=1S/C12H14BrFN2O3/c1-12(2)7-19-4-3-15(12)10-6-8(13)5-9(14)11(10)16(17)18/h5-6H,3-4,7H2,1-2H3. The maximum Gasteiger partial charge on any atom is 0.327 e. The third kappa shape index (κ3) is 2.71. The molecule has 1 aliphatic rings. The van der Waals surface area contributed by atoms with Gasteiger partial charge in [-0.15, -0.1) is 0 Å². The van der Waals surface area contributed by atoms with Crippen molar-refractivity contribution in [2.75, 3.05) is 24.7 Å². The minimum atomic E-state index is -0.836. The first kappa shape index (κ1) is 14.2. The van der Waals surface area contributed by atoms with Crippen LogP contribution in [0.15, 0.2) is 16.6 Å². The van der Waals surface area contributed by atoms with E-state index in [2.05, 4.69) is 15.9 Å². The summed E-state index contributed by atoms with van der Waals surface area (Å²) in [6.45, 7) is 5.22. The molecule has 1 saturated heterocycles. The molecule has 0 aromatic heterocycles. The van der Waals surface area contributed by atoms with E-state index < -0.39 is 22.0 Å². The van der Waals surface area contributed by atoms with E-state index >= 15 is 0 Å². The van der Waals surface area contributed by atoms with E-state index in [9.17, 15) is 14.5 Å². The average Bonchev–Trinajstić information content (AvgIpc) is 2.26. The van der Waals surface area contributed by atoms with Crippen molar-refractivity contribution in [1.82, 2.24) is 0 Å². The van der Waals surface area contributed by atoms with Crippen molar-refractivity contribution in [2.24, 2.45) is 0 Å². The summed E-state index contributed by atoms with van der Waals surface area (Å²) in [5.41, 5.74) is -0.626. The topological polar surface area (TPSA) is 55.6 Å². The number of rotatable bonds is 2. The number of anilines is 1. The summed E-state index contributed by atoms with van der Waals surface area (Å²) in [6, 6.07) is 2.68. The molecule has 0 saturated carbocycles. The lowest BCUT2D eigenvalue weighted by molar-refractivity contribution is -0.386. The molecule has 7 heteroatoms. The van der Waals surface area contributed by atoms with Crippen molar-refractivity contribution in [3.05, 3.63) is 32.5 Å². The molecular weight excluding hydrogens is 319 g/mol. The largest absolute Gasteiger partial charge is 0.377 e. The fourth-order valence-corrected chi connectivity index (χ4v) is 2.66. The number of nitro benzene ring substituents is 1. The third-order valence-electron chi connectivity index (χ3n) is 3.13. The predicted molar refractivity (Wildman–Crippen MR) is 73.0 cm³/mol. The van der Waals surface area contributed by atoms with Gasteiger partial charge in [-0.25, -0.2) is 0 Å². The van der Waals surface area contributed by atoms with Gasteiger partial charge in [-0.2, -0.15) is 4.39 Å². The lowest BCUT2D eigenvalue weighted by atomic mass is 10.0. The highest BCUT2D eigenvalue weighted by Crippen LogP contribution is 2.38. The zero-order valence-electron chi connectivity index (χ0n) is 10.7. The molecule has 0 atom stereocenters. The highest BCUT2D eigenvalue weighted by atomic mass is 79.9. The maximum absolute atomic E-state index is 13.8. The Bertz CT molecular complexity index is 522. The highest BCUT2D eigenvalue weighted by Gasteiger charge is 2.36. The van der Waals surface area contributed by atoms with Crippen LogP contribution in [-0.4, -0.2) is 30.2 Å². The lowest BCUT2D eigenvalue weighted by Gasteiger charge is -2.43. The monoisotopic (exact) mass is 332 g/mol. The molecule has 0 aliphatic carbocycles. The molecule has 0 N–H and O–H groups in total. The summed E-state index contributed by atoms with van der Waals surface area (Å²) in [5, 5.41) is 11.1. The molecule has 0 radical (unpaired) electrons. The number of halogens is 2. The normalized spacial score (nSPS) is 18.4. The summed E-state index contributed by atoms with van der Waals surface area (Å²) < 4.78 is 19.7. The fourth-order valence-electron chi connectivity index (χ4n) is 2.24. The lowest BCUT2D eigenvalue weighted by Crippen LogP contribution is -2.53. The van der Waals surface area contributed by atoms with Gasteiger partial charge in [0.15, 0.2) is 0 Å². The summed E-state index contributed by atoms with van der Waals surface area (Å²) >= 11 is 3.18. The van der Waals surface area contributed by atoms with Crippen molar-refractivity contribution in [3.8, 4) is 0 Å². The molecule has 1 aromatic rings. The van der Waals surface area contributed by atoms with Gasteiger partial charge in [-0.1, -0.05) is 15.9 Å². The van der Waals surface area contributed by atoms with Crippen LogP contribution in [0, 0.1) is 15.9 Å². The van der Waals surface area contributed by atoms with Crippen LogP contribution in [0.3, 0.4) is 0 Å². The van der Waals surface area contributed by atoms with Crippen LogP contribution in [0.1, 0.15) is 13.8 Å². The Hall–Kier alpha value is -1.21. The zero-order chi connectivity index (χ0) is 14.2. The van der Waals surface area contributed by atoms with Crippen LogP contribution in [0.25, 0.3) is 0 Å². The molecule has 1 aliphatic heterocycles. The van der Waals surface area contributed by atoms with Gasteiger partial charge in [-0.3, -0.25) is 10.1 Å². The Morgan fingerprint density at radius 1 is 1.53 bits per heavy atom. The van der Waals surface area contributed by atoms with E-state index in [-0.39, 0.29) is 5.69 Å². The van der Waals surface area contributed by atoms with Crippen LogP contribution in [0.4, 0.5) is 15.8 Å². The molecule has 0 unspecified atom stereocenters. The van der Waals surface area contributed by atoms with Crippen LogP contribution >= 0.6 is 15.9 Å². The van der Waals surface area contributed by atoms with Gasteiger partial charge in [0.25, 0.3) is 0 Å². The first-order valence-corrected chi connectivity index (χ1v) is 6.61. The second-order valence-corrected chi connectivity index (χ2v) is 5.94. The van der Waals surface area contributed by atoms with Crippen LogP contribution in [0.5, 0.6) is 0 Å². The zero-order valence-corrected chi connectivity index (χ0v) is 12.2. The number of morpholine rings is 1. The number of hydrogen-bond donors (Lipinski definition) is 0. The van der Waals surface area contributed by atoms with E-state index in [4.69, 9.17) is 4.74 Å². The average molecular weight is 333 g/mol. The predicted octanol–water partition coefficient (Wildman–Crippen LogP) is 3.11. The molecule has 0 amide bonds. The number of hydrogen-bond acceptors (Lipinski definition) is 4. The van der Waals surface area contributed by atoms with Gasteiger partial charge in [0.1, 0.15) is 5.69 Å². The smallest absolute Gasteiger partial charge is 0.327 e. The number of nitro groups is 1. The molecule has 1 aromatic carbocycles. The number of ether oxygens (including phenoxy) is 1. The van der Waals surface area contributed by atoms with Crippen molar-refractivity contribution in [1.29, 1.82) is 0 Å². The van der Waals surface area contributed by atoms with E-state index in [0.717, 1.165) is 6.07 Å². The molecule has 2 rings (SSSR count). The van der Waals surface area contributed by atoms with Gasteiger partial charge < -0.3 is 9.64 Å². The molecule has 5 nitrogen and oxygen atoms in total. The van der Waals surface area contributed by atoms with Gasteiger partial charge >= 0.3 is 5.69 Å². The summed E-state index contributed by atoms with van der Waals surface area (Å²) in [6.07, 6.45) is 0. The van der Waals surface area contributed by atoms with Crippen molar-refractivity contribution in [2.45, 2.75) is 19.4 Å². The highest BCUT2D eigenvalue weighted by molar-refractivity contribution is 9.10. The van der Waals surface area contributed by atoms with Crippen molar-refractivity contribution >= 4 is 27.3 Å². The van der Waals surface area contributed by atoms with Crippen LogP contribution in [-0.2, 0) is 4.74 Å². The number of nitrogens with zero attached hydrogens (tertiary/aromatic N) is 2. The Kier molecular flexibility index (Phi) is 3.78. The Morgan fingerprint density at radius 3 is 2.79 bits per heavy atom. The van der Waals surface area contributed by atoms with Gasteiger partial charge in [0.2, 0.25) is 5.82 Å². The van der Waals surface area contributed by atoms with Crippen molar-refractivity contribution < 1.29 is 14.1 Å². The molecule has 19 heavy (non-hydrogen) atoms. The van der Waals surface area contributed by atoms with Gasteiger partial charge in [0.05, 0.1) is 23.7 Å². The molecule has 1 fully saturated rings. The first-order valence-electron chi connectivity index (χ1n) is 5.82. The maximum atomic E-state index is 13.8. The fraction of sp³-hybridized carbons (Fsp3) is 0.500. The summed E-state index contributed by atoms with van der Waals surface area (Å²) in [4.78, 5) is 12.2. The molecule has 1 heterocycles. The quantitative estimate of drug-likeness (QED) is 0.616.